The zero-order valence-corrected chi connectivity index (χ0v) is 9.81. The Morgan fingerprint density at radius 2 is 2.13 bits per heavy atom. The van der Waals surface area contributed by atoms with Crippen LogP contribution in [-0.2, 0) is 4.79 Å². The lowest BCUT2D eigenvalue weighted by molar-refractivity contribution is -0.115. The highest BCUT2D eigenvalue weighted by molar-refractivity contribution is 6.23. The fraction of sp³-hybridized carbons (Fsp3) is 0.667. The predicted octanol–water partition coefficient (Wildman–Crippen LogP) is 2.28. The molecule has 15 heavy (non-hydrogen) atoms. The van der Waals surface area contributed by atoms with Gasteiger partial charge in [-0.15, -0.1) is 0 Å². The number of hydrogen-bond donors (Lipinski definition) is 2. The summed E-state index contributed by atoms with van der Waals surface area (Å²) >= 11 is 0. The fourth-order valence-electron chi connectivity index (χ4n) is 1.93. The Balaban J connectivity index is 3.08. The second-order valence-corrected chi connectivity index (χ2v) is 4.23. The van der Waals surface area contributed by atoms with Gasteiger partial charge in [0.2, 0.25) is 0 Å². The normalized spacial score (nSPS) is 20.8. The Morgan fingerprint density at radius 1 is 1.47 bits per heavy atom. The third-order valence-corrected chi connectivity index (χ3v) is 2.63. The molecule has 0 aliphatic heterocycles. The van der Waals surface area contributed by atoms with Crippen LogP contribution in [0, 0.1) is 11.3 Å². The molecule has 1 fully saturated rings. The maximum Gasteiger partial charge on any atom is 0.166 e. The highest BCUT2D eigenvalue weighted by Crippen LogP contribution is 2.22. The first-order valence-electron chi connectivity index (χ1n) is 5.67. The van der Waals surface area contributed by atoms with E-state index in [4.69, 9.17) is 5.41 Å². The number of hydrogen-bond acceptors (Lipinski definition) is 3. The number of ketones is 1. The Bertz CT molecular complexity index is 285. The highest BCUT2D eigenvalue weighted by Gasteiger charge is 2.24. The molecule has 0 radical (unpaired) electrons. The first kappa shape index (κ1) is 12.0. The van der Waals surface area contributed by atoms with Crippen LogP contribution in [0.3, 0.4) is 0 Å². The number of Topliss-reactive ketones (excluding diaryl/α,β-unsaturated/α-hetero) is 1. The van der Waals surface area contributed by atoms with Gasteiger partial charge in [-0.2, -0.15) is 0 Å². The van der Waals surface area contributed by atoms with Gasteiger partial charge in [-0.05, 0) is 25.7 Å². The Kier molecular flexibility index (Phi) is 4.06. The SMILES string of the molecule is CCN/C(=C1\C(=N)CCCC1=O)C(C)C. The van der Waals surface area contributed by atoms with Crippen molar-refractivity contribution in [2.75, 3.05) is 6.54 Å². The van der Waals surface area contributed by atoms with Crippen molar-refractivity contribution in [1.82, 2.24) is 5.32 Å². The molecule has 0 heterocycles. The van der Waals surface area contributed by atoms with E-state index >= 15 is 0 Å². The first-order valence-corrected chi connectivity index (χ1v) is 5.67. The fourth-order valence-corrected chi connectivity index (χ4v) is 1.93. The lowest BCUT2D eigenvalue weighted by atomic mass is 9.87. The van der Waals surface area contributed by atoms with E-state index in [-0.39, 0.29) is 11.7 Å². The standard InChI is InChI=1S/C12H20N2O/c1-4-14-12(8(2)3)11-9(13)6-5-7-10(11)15/h8,13-14H,4-7H2,1-3H3/b12-11+,13-9?. The van der Waals surface area contributed by atoms with Gasteiger partial charge in [0.25, 0.3) is 0 Å². The number of carbonyl (C=O) groups is 1. The smallest absolute Gasteiger partial charge is 0.166 e. The van der Waals surface area contributed by atoms with Gasteiger partial charge in [-0.3, -0.25) is 4.79 Å². The third kappa shape index (κ3) is 2.67. The molecule has 0 amide bonds. The molecule has 1 rings (SSSR count). The topological polar surface area (TPSA) is 53.0 Å². The molecule has 3 heteroatoms. The molecular weight excluding hydrogens is 188 g/mol. The van der Waals surface area contributed by atoms with E-state index in [0.717, 1.165) is 25.1 Å². The summed E-state index contributed by atoms with van der Waals surface area (Å²) in [6.45, 7) is 6.93. The van der Waals surface area contributed by atoms with Crippen LogP contribution < -0.4 is 5.32 Å². The lowest BCUT2D eigenvalue weighted by Crippen LogP contribution is -2.28. The van der Waals surface area contributed by atoms with Crippen LogP contribution in [0.1, 0.15) is 40.0 Å². The molecular formula is C12H20N2O. The van der Waals surface area contributed by atoms with Gasteiger partial charge in [-0.1, -0.05) is 13.8 Å². The summed E-state index contributed by atoms with van der Waals surface area (Å²) in [6.07, 6.45) is 2.17. The summed E-state index contributed by atoms with van der Waals surface area (Å²) in [5.74, 6) is 0.415. The first-order chi connectivity index (χ1) is 7.07. The van der Waals surface area contributed by atoms with Crippen molar-refractivity contribution in [1.29, 1.82) is 5.41 Å². The lowest BCUT2D eigenvalue weighted by Gasteiger charge is -2.22. The Hall–Kier alpha value is -1.12. The van der Waals surface area contributed by atoms with Crippen LogP contribution >= 0.6 is 0 Å². The third-order valence-electron chi connectivity index (χ3n) is 2.63. The molecule has 0 atom stereocenters. The zero-order valence-electron chi connectivity index (χ0n) is 9.81. The second-order valence-electron chi connectivity index (χ2n) is 4.23. The van der Waals surface area contributed by atoms with Crippen LogP contribution in [0.2, 0.25) is 0 Å². The van der Waals surface area contributed by atoms with Gasteiger partial charge < -0.3 is 10.7 Å². The number of allylic oxidation sites excluding steroid dienone is 2. The summed E-state index contributed by atoms with van der Waals surface area (Å²) in [7, 11) is 0. The number of carbonyl (C=O) groups excluding carboxylic acids is 1. The van der Waals surface area contributed by atoms with Crippen molar-refractivity contribution in [3.05, 3.63) is 11.3 Å². The van der Waals surface area contributed by atoms with Gasteiger partial charge >= 0.3 is 0 Å². The summed E-state index contributed by atoms with van der Waals surface area (Å²) in [4.78, 5) is 11.8. The van der Waals surface area contributed by atoms with Crippen molar-refractivity contribution in [3.63, 3.8) is 0 Å². The minimum atomic E-state index is 0.135. The zero-order chi connectivity index (χ0) is 11.4. The molecule has 0 spiro atoms. The molecule has 0 unspecified atom stereocenters. The molecule has 0 aromatic heterocycles. The second kappa shape index (κ2) is 5.10. The molecule has 0 saturated heterocycles. The molecule has 3 nitrogen and oxygen atoms in total. The molecule has 0 aromatic rings. The number of rotatable bonds is 3. The number of nitrogens with one attached hydrogen (secondary N) is 2. The molecule has 1 aliphatic rings. The van der Waals surface area contributed by atoms with Crippen molar-refractivity contribution in [2.24, 2.45) is 5.92 Å². The van der Waals surface area contributed by atoms with Crippen LogP contribution in [0.15, 0.2) is 11.3 Å². The maximum atomic E-state index is 11.8. The average Bonchev–Trinajstić information content (AvgIpc) is 2.15. The van der Waals surface area contributed by atoms with Crippen LogP contribution in [0.5, 0.6) is 0 Å². The van der Waals surface area contributed by atoms with E-state index in [1.807, 2.05) is 6.92 Å². The summed E-state index contributed by atoms with van der Waals surface area (Å²) in [5.41, 5.74) is 2.11. The van der Waals surface area contributed by atoms with E-state index in [2.05, 4.69) is 19.2 Å². The molecule has 2 N–H and O–H groups in total. The van der Waals surface area contributed by atoms with Gasteiger partial charge in [0, 0.05) is 24.4 Å². The van der Waals surface area contributed by atoms with Crippen molar-refractivity contribution in [3.8, 4) is 0 Å². The van der Waals surface area contributed by atoms with Gasteiger partial charge in [0.15, 0.2) is 5.78 Å². The average molecular weight is 208 g/mol. The van der Waals surface area contributed by atoms with Crippen molar-refractivity contribution in [2.45, 2.75) is 40.0 Å². The highest BCUT2D eigenvalue weighted by atomic mass is 16.1. The molecule has 84 valence electrons. The van der Waals surface area contributed by atoms with Crippen LogP contribution in [0.4, 0.5) is 0 Å². The van der Waals surface area contributed by atoms with Gasteiger partial charge in [-0.25, -0.2) is 0 Å². The van der Waals surface area contributed by atoms with Gasteiger partial charge in [0.05, 0.1) is 5.57 Å². The van der Waals surface area contributed by atoms with E-state index in [0.29, 0.717) is 17.7 Å². The molecule has 1 saturated carbocycles. The van der Waals surface area contributed by atoms with Crippen molar-refractivity contribution < 1.29 is 4.79 Å². The van der Waals surface area contributed by atoms with E-state index in [1.54, 1.807) is 0 Å². The summed E-state index contributed by atoms with van der Waals surface area (Å²) < 4.78 is 0. The maximum absolute atomic E-state index is 11.8. The molecule has 0 aromatic carbocycles. The monoisotopic (exact) mass is 208 g/mol. The summed E-state index contributed by atoms with van der Waals surface area (Å²) in [5, 5.41) is 11.1. The largest absolute Gasteiger partial charge is 0.388 e. The Labute approximate surface area is 91.5 Å². The van der Waals surface area contributed by atoms with Crippen LogP contribution in [-0.4, -0.2) is 18.0 Å². The van der Waals surface area contributed by atoms with Gasteiger partial charge in [0.1, 0.15) is 0 Å². The van der Waals surface area contributed by atoms with E-state index in [9.17, 15) is 4.79 Å². The quantitative estimate of drug-likeness (QED) is 0.699. The minimum absolute atomic E-state index is 0.135. The van der Waals surface area contributed by atoms with E-state index < -0.39 is 0 Å². The minimum Gasteiger partial charge on any atom is -0.388 e. The predicted molar refractivity (Wildman–Crippen MR) is 62.1 cm³/mol. The Morgan fingerprint density at radius 3 is 2.60 bits per heavy atom. The van der Waals surface area contributed by atoms with E-state index in [1.165, 1.54) is 0 Å². The van der Waals surface area contributed by atoms with Crippen LogP contribution in [0.25, 0.3) is 0 Å². The molecule has 1 aliphatic carbocycles. The van der Waals surface area contributed by atoms with Crippen molar-refractivity contribution >= 4 is 11.5 Å². The summed E-state index contributed by atoms with van der Waals surface area (Å²) in [6, 6.07) is 0. The molecule has 0 bridgehead atoms.